The summed E-state index contributed by atoms with van der Waals surface area (Å²) in [6.45, 7) is 11.8. The van der Waals surface area contributed by atoms with Crippen LogP contribution in [0.1, 0.15) is 83.2 Å². The van der Waals surface area contributed by atoms with Gasteiger partial charge in [0.1, 0.15) is 36.1 Å². The van der Waals surface area contributed by atoms with Crippen molar-refractivity contribution in [1.29, 1.82) is 0 Å². The zero-order chi connectivity index (χ0) is 44.7. The second-order valence-electron chi connectivity index (χ2n) is 17.8. The number of aromatic amines is 2. The third-order valence-corrected chi connectivity index (χ3v) is 13.1. The number of likely N-dealkylation sites (tertiary alicyclic amines) is 2. The predicted octanol–water partition coefficient (Wildman–Crippen LogP) is 7.26. The van der Waals surface area contributed by atoms with Gasteiger partial charge in [-0.05, 0) is 76.9 Å². The van der Waals surface area contributed by atoms with E-state index in [0.717, 1.165) is 61.9 Å². The van der Waals surface area contributed by atoms with E-state index in [1.165, 1.54) is 14.2 Å². The number of aromatic nitrogens is 4. The summed E-state index contributed by atoms with van der Waals surface area (Å²) in [6, 6.07) is 12.5. The summed E-state index contributed by atoms with van der Waals surface area (Å²) in [4.78, 5) is 73.1. The smallest absolute Gasteiger partial charge is 0.407 e. The van der Waals surface area contributed by atoms with Crippen LogP contribution in [0.25, 0.3) is 44.2 Å². The van der Waals surface area contributed by atoms with Crippen LogP contribution in [0.15, 0.2) is 48.7 Å². The van der Waals surface area contributed by atoms with Crippen molar-refractivity contribution in [3.8, 4) is 28.1 Å². The van der Waals surface area contributed by atoms with E-state index < -0.39 is 24.3 Å². The number of carbonyl (C=O) groups is 4. The molecule has 334 valence electrons. The quantitative estimate of drug-likeness (QED) is 0.0992. The van der Waals surface area contributed by atoms with Crippen molar-refractivity contribution in [3.05, 3.63) is 65.9 Å². The minimum atomic E-state index is -0.748. The molecule has 8 rings (SSSR count). The maximum Gasteiger partial charge on any atom is 0.407 e. The molecular formula is C47H58N8O8. The fourth-order valence-corrected chi connectivity index (χ4v) is 9.54. The number of benzene rings is 3. The first-order valence-electron chi connectivity index (χ1n) is 21.9. The van der Waals surface area contributed by atoms with Gasteiger partial charge in [-0.15, -0.1) is 0 Å². The van der Waals surface area contributed by atoms with Gasteiger partial charge < -0.3 is 49.3 Å². The predicted molar refractivity (Wildman–Crippen MR) is 237 cm³/mol. The summed E-state index contributed by atoms with van der Waals surface area (Å²) >= 11 is 0. The first-order valence-corrected chi connectivity index (χ1v) is 21.9. The molecule has 4 N–H and O–H groups in total. The van der Waals surface area contributed by atoms with E-state index in [-0.39, 0.29) is 47.6 Å². The number of imidazole rings is 2. The molecule has 0 radical (unpaired) electrons. The Morgan fingerprint density at radius 2 is 1.57 bits per heavy atom. The minimum Gasteiger partial charge on any atom is -0.488 e. The molecular weight excluding hydrogens is 805 g/mol. The lowest BCUT2D eigenvalue weighted by molar-refractivity contribution is -0.136. The SMILES string of the molecule is CC[C@H](C)C(NC(=O)OC)C(=O)N1C[C@@H](COC)C[C@H]1c1nc2c(ccc3cc4c(cc32)OCc2cc(-c3cnc(C5C[C@H](C)CN5C(=O)[C@@H](NC(=O)OC)C(C)C)[nH]3)ccc2-4)[nH]1. The zero-order valence-corrected chi connectivity index (χ0v) is 37.2. The Morgan fingerprint density at radius 1 is 0.857 bits per heavy atom. The average Bonchev–Trinajstić information content (AvgIpc) is 4.11. The van der Waals surface area contributed by atoms with Crippen molar-refractivity contribution >= 4 is 45.8 Å². The second kappa shape index (κ2) is 17.9. The molecule has 0 spiro atoms. The summed E-state index contributed by atoms with van der Waals surface area (Å²) in [5, 5.41) is 7.44. The van der Waals surface area contributed by atoms with Gasteiger partial charge in [-0.25, -0.2) is 19.6 Å². The number of ether oxygens (including phenoxy) is 4. The van der Waals surface area contributed by atoms with Gasteiger partial charge in [0.2, 0.25) is 11.8 Å². The lowest BCUT2D eigenvalue weighted by Gasteiger charge is -2.30. The Hall–Kier alpha value is -6.16. The maximum atomic E-state index is 14.2. The van der Waals surface area contributed by atoms with Crippen LogP contribution in [-0.4, -0.2) is 107 Å². The first-order chi connectivity index (χ1) is 30.3. The number of hydrogen-bond acceptors (Lipinski definition) is 10. The van der Waals surface area contributed by atoms with Gasteiger partial charge >= 0.3 is 12.2 Å². The normalized spacial score (nSPS) is 20.8. The number of carbonyl (C=O) groups excluding carboxylic acids is 4. The van der Waals surface area contributed by atoms with Crippen LogP contribution >= 0.6 is 0 Å². The highest BCUT2D eigenvalue weighted by Crippen LogP contribution is 2.44. The number of nitrogens with zero attached hydrogens (tertiary/aromatic N) is 4. The number of alkyl carbamates (subject to hydrolysis) is 2. The van der Waals surface area contributed by atoms with Gasteiger partial charge in [-0.3, -0.25) is 9.59 Å². The Kier molecular flexibility index (Phi) is 12.4. The van der Waals surface area contributed by atoms with E-state index in [2.05, 4.69) is 63.9 Å². The molecule has 0 saturated carbocycles. The first kappa shape index (κ1) is 43.5. The number of fused-ring (bicyclic) bond motifs is 6. The van der Waals surface area contributed by atoms with Crippen LogP contribution in [0.5, 0.6) is 5.75 Å². The van der Waals surface area contributed by atoms with E-state index in [4.69, 9.17) is 28.9 Å². The van der Waals surface area contributed by atoms with Crippen molar-refractivity contribution in [2.45, 2.75) is 84.7 Å². The topological polar surface area (TPSA) is 193 Å². The maximum absolute atomic E-state index is 14.2. The molecule has 7 atom stereocenters. The molecule has 3 aliphatic heterocycles. The van der Waals surface area contributed by atoms with Crippen LogP contribution in [0.4, 0.5) is 9.59 Å². The molecule has 2 unspecified atom stereocenters. The Labute approximate surface area is 366 Å². The van der Waals surface area contributed by atoms with Gasteiger partial charge in [-0.1, -0.05) is 59.2 Å². The monoisotopic (exact) mass is 862 g/mol. The number of nitrogens with one attached hydrogen (secondary N) is 4. The number of methoxy groups -OCH3 is 3. The molecule has 3 aromatic carbocycles. The largest absolute Gasteiger partial charge is 0.488 e. The number of amides is 4. The Balaban J connectivity index is 1.05. The molecule has 2 aromatic heterocycles. The molecule has 2 fully saturated rings. The minimum absolute atomic E-state index is 0.0962. The highest BCUT2D eigenvalue weighted by atomic mass is 16.5. The fourth-order valence-electron chi connectivity index (χ4n) is 9.54. The van der Waals surface area contributed by atoms with Gasteiger partial charge in [0.05, 0.1) is 55.8 Å². The lowest BCUT2D eigenvalue weighted by Crippen LogP contribution is -2.51. The third kappa shape index (κ3) is 8.40. The molecule has 16 nitrogen and oxygen atoms in total. The molecule has 63 heavy (non-hydrogen) atoms. The average molecular weight is 863 g/mol. The summed E-state index contributed by atoms with van der Waals surface area (Å²) in [5.41, 5.74) is 6.51. The Bertz CT molecular complexity index is 2530. The van der Waals surface area contributed by atoms with Crippen molar-refractivity contribution in [2.24, 2.45) is 23.7 Å². The van der Waals surface area contributed by atoms with E-state index in [1.54, 1.807) is 7.11 Å². The van der Waals surface area contributed by atoms with Crippen molar-refractivity contribution < 1.29 is 38.1 Å². The van der Waals surface area contributed by atoms with Crippen molar-refractivity contribution in [1.82, 2.24) is 40.4 Å². The van der Waals surface area contributed by atoms with Crippen LogP contribution < -0.4 is 15.4 Å². The van der Waals surface area contributed by atoms with Crippen LogP contribution in [-0.2, 0) is 30.4 Å². The molecule has 16 heteroatoms. The fraction of sp³-hybridized carbons (Fsp3) is 0.489. The zero-order valence-electron chi connectivity index (χ0n) is 37.2. The molecule has 3 aliphatic rings. The number of rotatable bonds is 12. The Morgan fingerprint density at radius 3 is 2.29 bits per heavy atom. The summed E-state index contributed by atoms with van der Waals surface area (Å²) in [5.74, 6) is 1.93. The highest BCUT2D eigenvalue weighted by Gasteiger charge is 2.43. The van der Waals surface area contributed by atoms with Gasteiger partial charge in [0.15, 0.2) is 0 Å². The molecule has 5 aromatic rings. The third-order valence-electron chi connectivity index (χ3n) is 13.1. The number of hydrogen-bond donors (Lipinski definition) is 4. The molecule has 2 saturated heterocycles. The second-order valence-corrected chi connectivity index (χ2v) is 17.8. The van der Waals surface area contributed by atoms with Crippen LogP contribution in [0, 0.1) is 23.7 Å². The van der Waals surface area contributed by atoms with Crippen LogP contribution in [0.3, 0.4) is 0 Å². The summed E-state index contributed by atoms with van der Waals surface area (Å²) in [7, 11) is 4.25. The molecule has 4 amide bonds. The molecule has 5 heterocycles. The lowest BCUT2D eigenvalue weighted by atomic mass is 9.92. The van der Waals surface area contributed by atoms with Crippen molar-refractivity contribution in [3.63, 3.8) is 0 Å². The standard InChI is InChI=1S/C47H58N8O8/c1-9-26(5)40(53-47(59)62-8)45(57)55-21-27(22-60-6)15-37(55)43-49-34-13-11-28-17-33-31-12-10-29(16-30(31)23-63-38(33)18-32(28)41(34)51-43)35-19-48-42(50-35)36-14-25(4)20-54(36)44(56)39(24(2)3)52-46(58)61-7/h10-13,16-19,24-27,36-37,39-40H,9,14-15,20-23H2,1-8H3,(H,48,50)(H,49,51)(H,52,58)(H,53,59)/t25-,26-,27-,36?,37-,39-,40?/m0/s1. The van der Waals surface area contributed by atoms with E-state index in [1.807, 2.05) is 49.8 Å². The van der Waals surface area contributed by atoms with E-state index in [9.17, 15) is 19.2 Å². The van der Waals surface area contributed by atoms with Crippen LogP contribution in [0.2, 0.25) is 0 Å². The van der Waals surface area contributed by atoms with Gasteiger partial charge in [-0.2, -0.15) is 0 Å². The van der Waals surface area contributed by atoms with E-state index >= 15 is 0 Å². The molecule has 0 bridgehead atoms. The van der Waals surface area contributed by atoms with Crippen molar-refractivity contribution in [2.75, 3.05) is 41.0 Å². The van der Waals surface area contributed by atoms with E-state index in [0.29, 0.717) is 50.8 Å². The molecule has 0 aliphatic carbocycles. The summed E-state index contributed by atoms with van der Waals surface area (Å²) < 4.78 is 21.7. The van der Waals surface area contributed by atoms with Gasteiger partial charge in [0, 0.05) is 37.1 Å². The number of H-pyrrole nitrogens is 2. The highest BCUT2D eigenvalue weighted by molar-refractivity contribution is 6.07. The summed E-state index contributed by atoms with van der Waals surface area (Å²) in [6.07, 6.45) is 2.64. The van der Waals surface area contributed by atoms with Gasteiger partial charge in [0.25, 0.3) is 0 Å².